The number of nitrogens with one attached hydrogen (secondary N) is 1. The Morgan fingerprint density at radius 1 is 0.947 bits per heavy atom. The molecule has 1 amide bonds. The van der Waals surface area contributed by atoms with Crippen LogP contribution in [0.4, 0.5) is 0 Å². The zero-order chi connectivity index (χ0) is 13.3. The third-order valence-electron chi connectivity index (χ3n) is 3.42. The predicted molar refractivity (Wildman–Crippen MR) is 82.7 cm³/mol. The number of hydrogen-bond acceptors (Lipinski definition) is 2. The molecule has 3 heteroatoms. The van der Waals surface area contributed by atoms with Gasteiger partial charge in [-0.15, -0.1) is 0 Å². The van der Waals surface area contributed by atoms with Crippen molar-refractivity contribution >= 4 is 17.7 Å². The third-order valence-corrected chi connectivity index (χ3v) is 4.58. The van der Waals surface area contributed by atoms with Gasteiger partial charge in [-0.1, -0.05) is 24.3 Å². The van der Waals surface area contributed by atoms with Gasteiger partial charge in [0.15, 0.2) is 0 Å². The van der Waals surface area contributed by atoms with Crippen LogP contribution in [0.5, 0.6) is 0 Å². The second-order valence-electron chi connectivity index (χ2n) is 5.09. The van der Waals surface area contributed by atoms with Crippen molar-refractivity contribution in [3.05, 3.63) is 35.4 Å². The number of benzene rings is 1. The van der Waals surface area contributed by atoms with Gasteiger partial charge in [-0.25, -0.2) is 0 Å². The Labute approximate surface area is 120 Å². The average molecular weight is 277 g/mol. The van der Waals surface area contributed by atoms with Crippen LogP contribution in [0.1, 0.15) is 36.8 Å². The van der Waals surface area contributed by atoms with Crippen LogP contribution in [0, 0.1) is 0 Å². The van der Waals surface area contributed by atoms with Gasteiger partial charge < -0.3 is 5.32 Å². The highest BCUT2D eigenvalue weighted by Gasteiger charge is 2.03. The Bertz CT molecular complexity index is 405. The number of rotatable bonds is 0. The number of aryl methyl sites for hydroxylation is 1. The van der Waals surface area contributed by atoms with Crippen LogP contribution in [0.15, 0.2) is 24.3 Å². The molecule has 19 heavy (non-hydrogen) atoms. The minimum absolute atomic E-state index is 0.201. The summed E-state index contributed by atoms with van der Waals surface area (Å²) in [7, 11) is 0. The molecule has 1 heterocycles. The van der Waals surface area contributed by atoms with E-state index >= 15 is 0 Å². The number of fused-ring (bicyclic) bond motifs is 2. The SMILES string of the molecule is O=C1CCCSCCCCc2cccc(c2)CCN1. The Hall–Kier alpha value is -0.960. The monoisotopic (exact) mass is 277 g/mol. The summed E-state index contributed by atoms with van der Waals surface area (Å²) < 4.78 is 0. The van der Waals surface area contributed by atoms with Crippen LogP contribution in [0.25, 0.3) is 0 Å². The minimum atomic E-state index is 0.201. The standard InChI is InChI=1S/C16H23NOS/c18-16-8-4-12-19-11-2-1-5-14-6-3-7-15(13-14)9-10-17-16/h3,6-7,13H,1-2,4-5,8-12H2,(H,17,18). The second kappa shape index (κ2) is 8.26. The van der Waals surface area contributed by atoms with Gasteiger partial charge in [0.1, 0.15) is 0 Å². The Kier molecular flexibility index (Phi) is 6.28. The van der Waals surface area contributed by atoms with E-state index in [9.17, 15) is 4.79 Å². The molecule has 0 fully saturated rings. The zero-order valence-corrected chi connectivity index (χ0v) is 12.3. The molecule has 0 saturated heterocycles. The number of carbonyl (C=O) groups is 1. The first-order chi connectivity index (χ1) is 9.34. The molecule has 1 N–H and O–H groups in total. The predicted octanol–water partition coefficient (Wildman–Crippen LogP) is 3.20. The fraction of sp³-hybridized carbons (Fsp3) is 0.562. The van der Waals surface area contributed by atoms with Gasteiger partial charge in [0, 0.05) is 13.0 Å². The molecule has 0 saturated carbocycles. The highest BCUT2D eigenvalue weighted by Crippen LogP contribution is 2.13. The minimum Gasteiger partial charge on any atom is -0.356 e. The Balaban J connectivity index is 1.93. The smallest absolute Gasteiger partial charge is 0.220 e. The normalized spacial score (nSPS) is 19.1. The molecule has 2 nitrogen and oxygen atoms in total. The summed E-state index contributed by atoms with van der Waals surface area (Å²) >= 11 is 1.98. The third kappa shape index (κ3) is 5.68. The molecular formula is C16H23NOS. The van der Waals surface area contributed by atoms with Crippen LogP contribution < -0.4 is 5.32 Å². The van der Waals surface area contributed by atoms with Crippen molar-refractivity contribution in [2.75, 3.05) is 18.1 Å². The molecule has 0 aliphatic carbocycles. The van der Waals surface area contributed by atoms with E-state index in [4.69, 9.17) is 0 Å². The topological polar surface area (TPSA) is 29.1 Å². The van der Waals surface area contributed by atoms with Crippen molar-refractivity contribution in [2.24, 2.45) is 0 Å². The van der Waals surface area contributed by atoms with Gasteiger partial charge in [-0.2, -0.15) is 11.8 Å². The first-order valence-electron chi connectivity index (χ1n) is 7.27. The molecule has 1 aromatic carbocycles. The highest BCUT2D eigenvalue weighted by molar-refractivity contribution is 7.99. The largest absolute Gasteiger partial charge is 0.356 e. The van der Waals surface area contributed by atoms with Crippen molar-refractivity contribution < 1.29 is 4.79 Å². The molecule has 2 bridgehead atoms. The van der Waals surface area contributed by atoms with Gasteiger partial charge in [0.05, 0.1) is 0 Å². The van der Waals surface area contributed by atoms with E-state index in [0.29, 0.717) is 6.42 Å². The summed E-state index contributed by atoms with van der Waals surface area (Å²) in [5.74, 6) is 2.54. The van der Waals surface area contributed by atoms with E-state index < -0.39 is 0 Å². The highest BCUT2D eigenvalue weighted by atomic mass is 32.2. The average Bonchev–Trinajstić information content (AvgIpc) is 2.42. The lowest BCUT2D eigenvalue weighted by Crippen LogP contribution is -2.25. The molecule has 1 aliphatic rings. The summed E-state index contributed by atoms with van der Waals surface area (Å²) in [6.07, 6.45) is 6.35. The zero-order valence-electron chi connectivity index (χ0n) is 11.5. The van der Waals surface area contributed by atoms with Gasteiger partial charge in [0.25, 0.3) is 0 Å². The van der Waals surface area contributed by atoms with Crippen LogP contribution in [-0.4, -0.2) is 24.0 Å². The van der Waals surface area contributed by atoms with Crippen molar-refractivity contribution in [1.82, 2.24) is 5.32 Å². The maximum Gasteiger partial charge on any atom is 0.220 e. The summed E-state index contributed by atoms with van der Waals surface area (Å²) in [6.45, 7) is 0.759. The fourth-order valence-electron chi connectivity index (χ4n) is 2.35. The van der Waals surface area contributed by atoms with E-state index in [-0.39, 0.29) is 5.91 Å². The first kappa shape index (κ1) is 14.4. The van der Waals surface area contributed by atoms with Gasteiger partial charge in [0.2, 0.25) is 5.91 Å². The lowest BCUT2D eigenvalue weighted by Gasteiger charge is -2.06. The molecule has 1 aromatic rings. The molecule has 1 aliphatic heterocycles. The van der Waals surface area contributed by atoms with E-state index in [2.05, 4.69) is 29.6 Å². The molecule has 104 valence electrons. The van der Waals surface area contributed by atoms with Crippen molar-refractivity contribution in [3.63, 3.8) is 0 Å². The van der Waals surface area contributed by atoms with Crippen molar-refractivity contribution in [1.29, 1.82) is 0 Å². The molecule has 0 aromatic heterocycles. The number of carbonyl (C=O) groups excluding carboxylic acids is 1. The summed E-state index contributed by atoms with van der Waals surface area (Å²) in [5.41, 5.74) is 2.77. The molecule has 0 radical (unpaired) electrons. The molecular weight excluding hydrogens is 254 g/mol. The maximum atomic E-state index is 11.6. The van der Waals surface area contributed by atoms with Crippen LogP contribution in [0.2, 0.25) is 0 Å². The number of amides is 1. The van der Waals surface area contributed by atoms with E-state index in [1.54, 1.807) is 0 Å². The van der Waals surface area contributed by atoms with E-state index in [1.165, 1.54) is 36.1 Å². The lowest BCUT2D eigenvalue weighted by atomic mass is 10.0. The lowest BCUT2D eigenvalue weighted by molar-refractivity contribution is -0.121. The van der Waals surface area contributed by atoms with E-state index in [0.717, 1.165) is 25.1 Å². The van der Waals surface area contributed by atoms with Crippen LogP contribution in [0.3, 0.4) is 0 Å². The second-order valence-corrected chi connectivity index (χ2v) is 6.32. The number of thioether (sulfide) groups is 1. The summed E-state index contributed by atoms with van der Waals surface area (Å²) in [4.78, 5) is 11.6. The van der Waals surface area contributed by atoms with Gasteiger partial charge in [-0.05, 0) is 54.7 Å². The van der Waals surface area contributed by atoms with Crippen molar-refractivity contribution in [2.45, 2.75) is 38.5 Å². The van der Waals surface area contributed by atoms with Crippen LogP contribution >= 0.6 is 11.8 Å². The Morgan fingerprint density at radius 3 is 2.63 bits per heavy atom. The fourth-order valence-corrected chi connectivity index (χ4v) is 3.31. The summed E-state index contributed by atoms with van der Waals surface area (Å²) in [5, 5.41) is 3.01. The Morgan fingerprint density at radius 2 is 1.74 bits per heavy atom. The summed E-state index contributed by atoms with van der Waals surface area (Å²) in [6, 6.07) is 8.80. The van der Waals surface area contributed by atoms with Crippen molar-refractivity contribution in [3.8, 4) is 0 Å². The maximum absolute atomic E-state index is 11.6. The molecule has 0 atom stereocenters. The molecule has 2 rings (SSSR count). The van der Waals surface area contributed by atoms with E-state index in [1.807, 2.05) is 11.8 Å². The first-order valence-corrected chi connectivity index (χ1v) is 8.42. The molecule has 0 unspecified atom stereocenters. The van der Waals surface area contributed by atoms with Crippen LogP contribution in [-0.2, 0) is 17.6 Å². The van der Waals surface area contributed by atoms with Gasteiger partial charge >= 0.3 is 0 Å². The number of hydrogen-bond donors (Lipinski definition) is 1. The molecule has 0 spiro atoms. The quantitative estimate of drug-likeness (QED) is 0.789. The van der Waals surface area contributed by atoms with Gasteiger partial charge in [-0.3, -0.25) is 4.79 Å².